The van der Waals surface area contributed by atoms with E-state index in [-0.39, 0.29) is 0 Å². The van der Waals surface area contributed by atoms with Gasteiger partial charge in [0.1, 0.15) is 6.79 Å². The molecule has 0 bridgehead atoms. The van der Waals surface area contributed by atoms with Crippen LogP contribution in [0.4, 0.5) is 0 Å². The van der Waals surface area contributed by atoms with E-state index in [1.807, 2.05) is 19.8 Å². The Labute approximate surface area is 158 Å². The van der Waals surface area contributed by atoms with Gasteiger partial charge in [-0.1, -0.05) is 18.2 Å². The lowest BCUT2D eigenvalue weighted by Crippen LogP contribution is -2.20. The Morgan fingerprint density at radius 1 is 1.19 bits per heavy atom. The van der Waals surface area contributed by atoms with E-state index in [4.69, 9.17) is 4.79 Å². The summed E-state index contributed by atoms with van der Waals surface area (Å²) in [4.78, 5) is 12.7. The predicted octanol–water partition coefficient (Wildman–Crippen LogP) is 2.77. The number of nitrogens with one attached hydrogen (secondary N) is 1. The summed E-state index contributed by atoms with van der Waals surface area (Å²) in [6.45, 7) is 5.56. The summed E-state index contributed by atoms with van der Waals surface area (Å²) in [6.07, 6.45) is 6.39. The number of rotatable bonds is 3. The Morgan fingerprint density at radius 3 is 2.70 bits per heavy atom. The zero-order valence-corrected chi connectivity index (χ0v) is 15.9. The number of nitrogens with zero attached hydrogens (tertiary/aromatic N) is 2. The number of hydrogen-bond acceptors (Lipinski definition) is 5. The maximum atomic E-state index is 13.2. The summed E-state index contributed by atoms with van der Waals surface area (Å²) in [5, 5.41) is 3.28. The highest BCUT2D eigenvalue weighted by molar-refractivity contribution is 7.90. The second kappa shape index (κ2) is 7.85. The van der Waals surface area contributed by atoms with Crippen LogP contribution in [0.3, 0.4) is 0 Å². The summed E-state index contributed by atoms with van der Waals surface area (Å²) in [7, 11) is -3.67. The molecular formula is C20H21N3O3S. The second-order valence-electron chi connectivity index (χ2n) is 6.21. The molecule has 2 aromatic heterocycles. The van der Waals surface area contributed by atoms with Crippen LogP contribution in [0.2, 0.25) is 0 Å². The number of aryl methyl sites for hydroxylation is 1. The fourth-order valence-electron chi connectivity index (χ4n) is 3.22. The van der Waals surface area contributed by atoms with Gasteiger partial charge in [0.25, 0.3) is 10.0 Å². The molecule has 0 saturated carbocycles. The molecule has 3 aromatic rings. The molecule has 1 aromatic carbocycles. The van der Waals surface area contributed by atoms with Crippen LogP contribution in [0, 0.1) is 6.92 Å². The lowest BCUT2D eigenvalue weighted by atomic mass is 10.0. The molecule has 0 aliphatic carbocycles. The van der Waals surface area contributed by atoms with Gasteiger partial charge in [-0.15, -0.1) is 0 Å². The molecule has 0 fully saturated rings. The SMILES string of the molecule is C=O.Cc1cccc(S(=O)(=O)n2cc(C3=CCNCC3)c3ncccc32)c1. The van der Waals surface area contributed by atoms with Crippen LogP contribution in [0.1, 0.15) is 17.5 Å². The van der Waals surface area contributed by atoms with Gasteiger partial charge >= 0.3 is 0 Å². The number of pyridine rings is 1. The standard InChI is InChI=1S/C19H19N3O2S.CH2O/c1-14-4-2-5-16(12-14)25(23,24)22-13-17(15-7-10-20-11-8-15)19-18(22)6-3-9-21-19;1-2/h2-7,9,12-13,20H,8,10-11H2,1H3;1H2. The average molecular weight is 383 g/mol. The van der Waals surface area contributed by atoms with Crippen molar-refractivity contribution in [3.8, 4) is 0 Å². The average Bonchev–Trinajstić information content (AvgIpc) is 3.11. The third kappa shape index (κ3) is 3.56. The van der Waals surface area contributed by atoms with E-state index in [1.54, 1.807) is 42.7 Å². The van der Waals surface area contributed by atoms with E-state index in [1.165, 1.54) is 3.97 Å². The molecule has 27 heavy (non-hydrogen) atoms. The molecule has 0 amide bonds. The number of aromatic nitrogens is 2. The molecule has 0 radical (unpaired) electrons. The Balaban J connectivity index is 0.00000102. The smallest absolute Gasteiger partial charge is 0.268 e. The van der Waals surface area contributed by atoms with Gasteiger partial charge in [0.15, 0.2) is 0 Å². The third-order valence-electron chi connectivity index (χ3n) is 4.48. The number of benzene rings is 1. The first-order valence-corrected chi connectivity index (χ1v) is 9.99. The van der Waals surface area contributed by atoms with E-state index < -0.39 is 10.0 Å². The highest BCUT2D eigenvalue weighted by atomic mass is 32.2. The van der Waals surface area contributed by atoms with Crippen LogP contribution < -0.4 is 5.32 Å². The first kappa shape index (κ1) is 19.0. The Morgan fingerprint density at radius 2 is 2.00 bits per heavy atom. The van der Waals surface area contributed by atoms with Crippen LogP contribution in [0.25, 0.3) is 16.6 Å². The third-order valence-corrected chi connectivity index (χ3v) is 6.15. The van der Waals surface area contributed by atoms with Gasteiger partial charge in [-0.3, -0.25) is 4.98 Å². The first-order valence-electron chi connectivity index (χ1n) is 8.55. The van der Waals surface area contributed by atoms with Gasteiger partial charge in [-0.05, 0) is 55.3 Å². The van der Waals surface area contributed by atoms with Gasteiger partial charge in [0.05, 0.1) is 15.9 Å². The van der Waals surface area contributed by atoms with Crippen LogP contribution in [0.15, 0.2) is 59.8 Å². The Hall–Kier alpha value is -2.77. The zero-order valence-electron chi connectivity index (χ0n) is 15.1. The van der Waals surface area contributed by atoms with Crippen molar-refractivity contribution in [2.24, 2.45) is 0 Å². The molecule has 1 N–H and O–H groups in total. The first-order chi connectivity index (χ1) is 13.1. The van der Waals surface area contributed by atoms with Crippen molar-refractivity contribution in [1.29, 1.82) is 0 Å². The van der Waals surface area contributed by atoms with E-state index in [9.17, 15) is 8.42 Å². The lowest BCUT2D eigenvalue weighted by molar-refractivity contribution is -0.0979. The monoisotopic (exact) mass is 383 g/mol. The predicted molar refractivity (Wildman–Crippen MR) is 106 cm³/mol. The number of fused-ring (bicyclic) bond motifs is 1. The minimum atomic E-state index is -3.67. The molecular weight excluding hydrogens is 362 g/mol. The molecule has 0 spiro atoms. The normalized spacial score (nSPS) is 14.3. The largest absolute Gasteiger partial charge is 0.313 e. The Bertz CT molecular complexity index is 1100. The van der Waals surface area contributed by atoms with Crippen LogP contribution in [-0.2, 0) is 14.8 Å². The summed E-state index contributed by atoms with van der Waals surface area (Å²) >= 11 is 0. The van der Waals surface area contributed by atoms with Gasteiger partial charge < -0.3 is 10.1 Å². The maximum Gasteiger partial charge on any atom is 0.268 e. The molecule has 1 aliphatic heterocycles. The molecule has 0 unspecified atom stereocenters. The molecule has 140 valence electrons. The summed E-state index contributed by atoms with van der Waals surface area (Å²) < 4.78 is 27.8. The van der Waals surface area contributed by atoms with E-state index in [0.717, 1.165) is 41.7 Å². The summed E-state index contributed by atoms with van der Waals surface area (Å²) in [5.41, 5.74) is 4.29. The van der Waals surface area contributed by atoms with E-state index >= 15 is 0 Å². The molecule has 3 heterocycles. The molecule has 7 heteroatoms. The van der Waals surface area contributed by atoms with Gasteiger partial charge in [0.2, 0.25) is 0 Å². The van der Waals surface area contributed by atoms with Crippen molar-refractivity contribution in [1.82, 2.24) is 14.3 Å². The van der Waals surface area contributed by atoms with E-state index in [0.29, 0.717) is 10.4 Å². The molecule has 0 saturated heterocycles. The van der Waals surface area contributed by atoms with Crippen LogP contribution in [-0.4, -0.2) is 37.3 Å². The van der Waals surface area contributed by atoms with Crippen molar-refractivity contribution in [2.75, 3.05) is 13.1 Å². The fourth-order valence-corrected chi connectivity index (χ4v) is 4.68. The van der Waals surface area contributed by atoms with Crippen molar-refractivity contribution in [3.05, 3.63) is 66.0 Å². The maximum absolute atomic E-state index is 13.2. The molecule has 0 atom stereocenters. The fraction of sp³-hybridized carbons (Fsp3) is 0.200. The topological polar surface area (TPSA) is 81.1 Å². The molecule has 6 nitrogen and oxygen atoms in total. The second-order valence-corrected chi connectivity index (χ2v) is 8.03. The Kier molecular flexibility index (Phi) is 5.53. The highest BCUT2D eigenvalue weighted by Crippen LogP contribution is 2.31. The lowest BCUT2D eigenvalue weighted by Gasteiger charge is -2.12. The molecule has 1 aliphatic rings. The van der Waals surface area contributed by atoms with Crippen LogP contribution in [0.5, 0.6) is 0 Å². The highest BCUT2D eigenvalue weighted by Gasteiger charge is 2.23. The van der Waals surface area contributed by atoms with Gasteiger partial charge in [-0.2, -0.15) is 0 Å². The van der Waals surface area contributed by atoms with Gasteiger partial charge in [0, 0.05) is 24.5 Å². The van der Waals surface area contributed by atoms with Crippen molar-refractivity contribution in [2.45, 2.75) is 18.2 Å². The van der Waals surface area contributed by atoms with Crippen LogP contribution >= 0.6 is 0 Å². The van der Waals surface area contributed by atoms with Crippen molar-refractivity contribution >= 4 is 33.4 Å². The van der Waals surface area contributed by atoms with E-state index in [2.05, 4.69) is 16.4 Å². The number of carbonyl (C=O) groups is 1. The van der Waals surface area contributed by atoms with Crippen molar-refractivity contribution < 1.29 is 13.2 Å². The quantitative estimate of drug-likeness (QED) is 0.752. The minimum absolute atomic E-state index is 0.291. The summed E-state index contributed by atoms with van der Waals surface area (Å²) in [6, 6.07) is 10.6. The molecule has 4 rings (SSSR count). The number of carbonyl (C=O) groups excluding carboxylic acids is 1. The minimum Gasteiger partial charge on any atom is -0.313 e. The van der Waals surface area contributed by atoms with Gasteiger partial charge in [-0.25, -0.2) is 12.4 Å². The zero-order chi connectivity index (χ0) is 19.4. The van der Waals surface area contributed by atoms with Crippen molar-refractivity contribution in [3.63, 3.8) is 0 Å². The number of hydrogen-bond donors (Lipinski definition) is 1. The summed E-state index contributed by atoms with van der Waals surface area (Å²) in [5.74, 6) is 0.